The SMILES string of the molecule is C[C@]12CCC(=O)NC1=CC[C@@H]1[C@H]2CC[C@]2(C)C(Cc3cccs3)CC[C@@H]12. The number of hydrogen-bond acceptors (Lipinski definition) is 2. The zero-order chi connectivity index (χ0) is 17.9. The fourth-order valence-corrected chi connectivity index (χ4v) is 8.10. The van der Waals surface area contributed by atoms with Gasteiger partial charge in [0.05, 0.1) is 0 Å². The summed E-state index contributed by atoms with van der Waals surface area (Å²) < 4.78 is 0. The van der Waals surface area contributed by atoms with Gasteiger partial charge < -0.3 is 5.32 Å². The lowest BCUT2D eigenvalue weighted by Crippen LogP contribution is -2.53. The molecule has 0 spiro atoms. The number of rotatable bonds is 2. The number of piperidine rings is 1. The number of amides is 1. The summed E-state index contributed by atoms with van der Waals surface area (Å²) in [4.78, 5) is 13.5. The molecule has 2 saturated carbocycles. The summed E-state index contributed by atoms with van der Waals surface area (Å²) in [5, 5.41) is 5.45. The molecule has 3 heteroatoms. The first-order valence-electron chi connectivity index (χ1n) is 10.5. The standard InChI is InChI=1S/C23H31NOS/c1-22-11-9-19-17(6-8-20-23(19,2)12-10-21(25)24-20)18(22)7-5-15(22)14-16-4-3-13-26-16/h3-4,8,13,15,17-19H,5-7,9-12,14H2,1-2H3,(H,24,25)/t15?,17-,18-,19+,22+,23+/m0/s1. The number of thiophene rings is 1. The van der Waals surface area contributed by atoms with Crippen LogP contribution in [0.15, 0.2) is 29.3 Å². The van der Waals surface area contributed by atoms with Gasteiger partial charge in [-0.1, -0.05) is 26.0 Å². The first-order valence-corrected chi connectivity index (χ1v) is 11.4. The van der Waals surface area contributed by atoms with Crippen molar-refractivity contribution < 1.29 is 4.79 Å². The van der Waals surface area contributed by atoms with Gasteiger partial charge in [0.15, 0.2) is 0 Å². The van der Waals surface area contributed by atoms with Crippen LogP contribution in [0, 0.1) is 34.5 Å². The van der Waals surface area contributed by atoms with Crippen LogP contribution >= 0.6 is 11.3 Å². The van der Waals surface area contributed by atoms with Crippen molar-refractivity contribution in [3.8, 4) is 0 Å². The van der Waals surface area contributed by atoms with Gasteiger partial charge in [-0.15, -0.1) is 11.3 Å². The zero-order valence-corrected chi connectivity index (χ0v) is 16.9. The highest BCUT2D eigenvalue weighted by Crippen LogP contribution is 2.65. The van der Waals surface area contributed by atoms with Crippen LogP contribution in [0.25, 0.3) is 0 Å². The highest BCUT2D eigenvalue weighted by atomic mass is 32.1. The van der Waals surface area contributed by atoms with E-state index >= 15 is 0 Å². The van der Waals surface area contributed by atoms with E-state index in [1.54, 1.807) is 4.88 Å². The van der Waals surface area contributed by atoms with Crippen molar-refractivity contribution in [1.29, 1.82) is 0 Å². The Bertz CT molecular complexity index is 737. The number of fused-ring (bicyclic) bond motifs is 5. The molecule has 1 saturated heterocycles. The van der Waals surface area contributed by atoms with Crippen LogP contribution in [0.1, 0.15) is 63.7 Å². The van der Waals surface area contributed by atoms with Gasteiger partial charge in [0.1, 0.15) is 0 Å². The Morgan fingerprint density at radius 1 is 1.19 bits per heavy atom. The Labute approximate surface area is 161 Å². The van der Waals surface area contributed by atoms with Crippen molar-refractivity contribution in [3.63, 3.8) is 0 Å². The van der Waals surface area contributed by atoms with Gasteiger partial charge in [-0.2, -0.15) is 0 Å². The van der Waals surface area contributed by atoms with Crippen LogP contribution in [0.2, 0.25) is 0 Å². The maximum absolute atomic E-state index is 11.9. The Hall–Kier alpha value is -1.09. The Balaban J connectivity index is 1.42. The summed E-state index contributed by atoms with van der Waals surface area (Å²) in [5.74, 6) is 3.55. The first-order chi connectivity index (χ1) is 12.5. The number of nitrogens with one attached hydrogen (secondary N) is 1. The molecule has 26 heavy (non-hydrogen) atoms. The molecule has 0 radical (unpaired) electrons. The largest absolute Gasteiger partial charge is 0.330 e. The quantitative estimate of drug-likeness (QED) is 0.727. The summed E-state index contributed by atoms with van der Waals surface area (Å²) in [7, 11) is 0. The molecule has 0 aromatic carbocycles. The molecule has 1 aliphatic heterocycles. The summed E-state index contributed by atoms with van der Waals surface area (Å²) in [6, 6.07) is 4.53. The van der Waals surface area contributed by atoms with E-state index in [1.165, 1.54) is 44.2 Å². The Kier molecular flexibility index (Phi) is 3.90. The van der Waals surface area contributed by atoms with E-state index in [2.05, 4.69) is 42.8 Å². The van der Waals surface area contributed by atoms with Gasteiger partial charge in [-0.05, 0) is 85.5 Å². The molecule has 3 aliphatic carbocycles. The summed E-state index contributed by atoms with van der Waals surface area (Å²) >= 11 is 1.94. The molecule has 2 nitrogen and oxygen atoms in total. The van der Waals surface area contributed by atoms with Gasteiger partial charge in [0, 0.05) is 22.4 Å². The molecule has 6 atom stereocenters. The summed E-state index contributed by atoms with van der Waals surface area (Å²) in [6.07, 6.45) is 12.2. The number of hydrogen-bond donors (Lipinski definition) is 1. The Morgan fingerprint density at radius 2 is 2.08 bits per heavy atom. The number of carbonyl (C=O) groups excluding carboxylic acids is 1. The fourth-order valence-electron chi connectivity index (χ4n) is 7.31. The van der Waals surface area contributed by atoms with E-state index in [0.717, 1.165) is 30.1 Å². The van der Waals surface area contributed by atoms with Crippen molar-refractivity contribution in [3.05, 3.63) is 34.2 Å². The van der Waals surface area contributed by atoms with Gasteiger partial charge in [-0.25, -0.2) is 0 Å². The monoisotopic (exact) mass is 369 g/mol. The molecule has 0 bridgehead atoms. The predicted molar refractivity (Wildman–Crippen MR) is 107 cm³/mol. The average molecular weight is 370 g/mol. The van der Waals surface area contributed by atoms with Crippen molar-refractivity contribution in [2.24, 2.45) is 34.5 Å². The number of carbonyl (C=O) groups is 1. The lowest BCUT2D eigenvalue weighted by atomic mass is 9.49. The minimum absolute atomic E-state index is 0.212. The van der Waals surface area contributed by atoms with Gasteiger partial charge in [-0.3, -0.25) is 4.79 Å². The fraction of sp³-hybridized carbons (Fsp3) is 0.696. The number of allylic oxidation sites excluding steroid dienone is 2. The van der Waals surface area contributed by atoms with E-state index < -0.39 is 0 Å². The van der Waals surface area contributed by atoms with Crippen LogP contribution in [-0.2, 0) is 11.2 Å². The third-order valence-corrected chi connectivity index (χ3v) is 9.73. The first kappa shape index (κ1) is 17.0. The van der Waals surface area contributed by atoms with E-state index in [4.69, 9.17) is 0 Å². The molecule has 5 rings (SSSR count). The molecule has 3 fully saturated rings. The Morgan fingerprint density at radius 3 is 2.88 bits per heavy atom. The van der Waals surface area contributed by atoms with E-state index in [1.807, 2.05) is 11.3 Å². The second-order valence-corrected chi connectivity index (χ2v) is 10.8. The lowest BCUT2D eigenvalue weighted by Gasteiger charge is -2.57. The van der Waals surface area contributed by atoms with Crippen LogP contribution in [0.3, 0.4) is 0 Å². The van der Waals surface area contributed by atoms with E-state index in [-0.39, 0.29) is 11.3 Å². The van der Waals surface area contributed by atoms with Crippen molar-refractivity contribution >= 4 is 17.2 Å². The molecular formula is C23H31NOS. The molecule has 140 valence electrons. The molecular weight excluding hydrogens is 338 g/mol. The average Bonchev–Trinajstić information content (AvgIpc) is 3.24. The van der Waals surface area contributed by atoms with Gasteiger partial charge in [0.2, 0.25) is 5.91 Å². The minimum atomic E-state index is 0.212. The normalized spacial score (nSPS) is 44.5. The van der Waals surface area contributed by atoms with Crippen molar-refractivity contribution in [2.75, 3.05) is 0 Å². The second kappa shape index (κ2) is 5.95. The molecule has 1 N–H and O–H groups in total. The van der Waals surface area contributed by atoms with Crippen LogP contribution < -0.4 is 5.32 Å². The molecule has 1 amide bonds. The molecule has 4 aliphatic rings. The molecule has 2 heterocycles. The smallest absolute Gasteiger partial charge is 0.224 e. The molecule has 1 aromatic rings. The highest BCUT2D eigenvalue weighted by Gasteiger charge is 2.58. The topological polar surface area (TPSA) is 29.1 Å². The van der Waals surface area contributed by atoms with E-state index in [9.17, 15) is 4.79 Å². The van der Waals surface area contributed by atoms with Crippen molar-refractivity contribution in [2.45, 2.75) is 65.2 Å². The van der Waals surface area contributed by atoms with Gasteiger partial charge >= 0.3 is 0 Å². The van der Waals surface area contributed by atoms with E-state index in [0.29, 0.717) is 11.8 Å². The second-order valence-electron chi connectivity index (χ2n) is 9.80. The summed E-state index contributed by atoms with van der Waals surface area (Å²) in [6.45, 7) is 5.05. The summed E-state index contributed by atoms with van der Waals surface area (Å²) in [5.41, 5.74) is 1.99. The molecule has 1 aromatic heterocycles. The minimum Gasteiger partial charge on any atom is -0.330 e. The highest BCUT2D eigenvalue weighted by molar-refractivity contribution is 7.09. The van der Waals surface area contributed by atoms with Crippen LogP contribution in [0.4, 0.5) is 0 Å². The zero-order valence-electron chi connectivity index (χ0n) is 16.1. The van der Waals surface area contributed by atoms with Crippen LogP contribution in [0.5, 0.6) is 0 Å². The lowest BCUT2D eigenvalue weighted by molar-refractivity contribution is -0.125. The van der Waals surface area contributed by atoms with Crippen molar-refractivity contribution in [1.82, 2.24) is 5.32 Å². The van der Waals surface area contributed by atoms with Gasteiger partial charge in [0.25, 0.3) is 0 Å². The predicted octanol–water partition coefficient (Wildman–Crippen LogP) is 5.55. The third-order valence-electron chi connectivity index (χ3n) is 8.83. The maximum atomic E-state index is 11.9. The molecule has 1 unspecified atom stereocenters. The maximum Gasteiger partial charge on any atom is 0.224 e. The third kappa shape index (κ3) is 2.38. The van der Waals surface area contributed by atoms with Crippen LogP contribution in [-0.4, -0.2) is 5.91 Å².